The van der Waals surface area contributed by atoms with Crippen molar-refractivity contribution in [2.24, 2.45) is 0 Å². The van der Waals surface area contributed by atoms with Crippen LogP contribution in [0, 0.1) is 6.92 Å². The molecule has 0 unspecified atom stereocenters. The highest BCUT2D eigenvalue weighted by Crippen LogP contribution is 2.18. The largest absolute Gasteiger partial charge is 0.441 e. The van der Waals surface area contributed by atoms with E-state index in [4.69, 9.17) is 16.0 Å². The zero-order valence-electron chi connectivity index (χ0n) is 8.57. The molecule has 0 fully saturated rings. The number of halogens is 1. The third-order valence-corrected chi connectivity index (χ3v) is 3.29. The lowest BCUT2D eigenvalue weighted by Gasteiger charge is -1.90. The lowest BCUT2D eigenvalue weighted by atomic mass is 10.2. The molecule has 16 heavy (non-hydrogen) atoms. The van der Waals surface area contributed by atoms with Gasteiger partial charge in [0.15, 0.2) is 11.0 Å². The Morgan fingerprint density at radius 3 is 2.81 bits per heavy atom. The average molecular weight is 253 g/mol. The van der Waals surface area contributed by atoms with E-state index in [1.807, 2.05) is 18.4 Å². The third-order valence-electron chi connectivity index (χ3n) is 2.10. The van der Waals surface area contributed by atoms with Gasteiger partial charge in [0.05, 0.1) is 0 Å². The molecule has 0 radical (unpaired) electrons. The van der Waals surface area contributed by atoms with Crippen molar-refractivity contribution >= 4 is 34.8 Å². The Bertz CT molecular complexity index is 537. The van der Waals surface area contributed by atoms with E-state index in [0.29, 0.717) is 0 Å². The van der Waals surface area contributed by atoms with Crippen LogP contribution in [0.5, 0.6) is 0 Å². The smallest absolute Gasteiger partial charge is 0.221 e. The van der Waals surface area contributed by atoms with Gasteiger partial charge in [0.2, 0.25) is 5.78 Å². The summed E-state index contributed by atoms with van der Waals surface area (Å²) in [6.45, 7) is 2.00. The molecule has 0 spiro atoms. The number of furan rings is 1. The van der Waals surface area contributed by atoms with E-state index >= 15 is 0 Å². The molecule has 82 valence electrons. The molecule has 2 aromatic heterocycles. The van der Waals surface area contributed by atoms with Gasteiger partial charge in [-0.1, -0.05) is 0 Å². The molecule has 2 aromatic rings. The van der Waals surface area contributed by atoms with Crippen LogP contribution >= 0.6 is 22.9 Å². The van der Waals surface area contributed by atoms with Gasteiger partial charge in [-0.05, 0) is 59.8 Å². The lowest BCUT2D eigenvalue weighted by molar-refractivity contribution is 0.102. The zero-order chi connectivity index (χ0) is 11.5. The molecular formula is C12H9ClO2S. The molecule has 0 aromatic carbocycles. The van der Waals surface area contributed by atoms with E-state index in [-0.39, 0.29) is 16.8 Å². The Kier molecular flexibility index (Phi) is 3.27. The summed E-state index contributed by atoms with van der Waals surface area (Å²) in [5.41, 5.74) is 1.16. The van der Waals surface area contributed by atoms with Crippen LogP contribution in [0.1, 0.15) is 21.0 Å². The summed E-state index contributed by atoms with van der Waals surface area (Å²) in [6, 6.07) is 5.13. The molecule has 2 heterocycles. The van der Waals surface area contributed by atoms with Gasteiger partial charge in [0.1, 0.15) is 0 Å². The Morgan fingerprint density at radius 2 is 2.25 bits per heavy atom. The topological polar surface area (TPSA) is 30.2 Å². The monoisotopic (exact) mass is 252 g/mol. The Labute approximate surface area is 102 Å². The Morgan fingerprint density at radius 1 is 1.44 bits per heavy atom. The summed E-state index contributed by atoms with van der Waals surface area (Å²) in [6.07, 6.45) is 3.28. The number of allylic oxidation sites excluding steroid dienone is 1. The second-order valence-corrected chi connectivity index (χ2v) is 4.59. The third kappa shape index (κ3) is 2.43. The fourth-order valence-electron chi connectivity index (χ4n) is 1.24. The number of carbonyl (C=O) groups is 1. The minimum atomic E-state index is -0.181. The number of carbonyl (C=O) groups excluding carboxylic acids is 1. The number of rotatable bonds is 3. The Hall–Kier alpha value is -1.32. The summed E-state index contributed by atoms with van der Waals surface area (Å²) >= 11 is 7.18. The first-order chi connectivity index (χ1) is 7.66. The van der Waals surface area contributed by atoms with Gasteiger partial charge < -0.3 is 4.42 Å². The van der Waals surface area contributed by atoms with Crippen molar-refractivity contribution in [3.63, 3.8) is 0 Å². The normalized spacial score (nSPS) is 11.1. The first-order valence-corrected chi connectivity index (χ1v) is 5.94. The minimum Gasteiger partial charge on any atom is -0.441 e. The SMILES string of the molecule is Cc1ccsc1/C=C/C(=O)c1ccc(Cl)o1. The molecule has 0 aliphatic heterocycles. The molecular weight excluding hydrogens is 244 g/mol. The van der Waals surface area contributed by atoms with Gasteiger partial charge >= 0.3 is 0 Å². The first-order valence-electron chi connectivity index (χ1n) is 4.68. The summed E-state index contributed by atoms with van der Waals surface area (Å²) in [4.78, 5) is 12.7. The van der Waals surface area contributed by atoms with Crippen LogP contribution in [-0.4, -0.2) is 5.78 Å². The van der Waals surface area contributed by atoms with Gasteiger partial charge in [0.25, 0.3) is 0 Å². The molecule has 0 saturated heterocycles. The molecule has 0 atom stereocenters. The van der Waals surface area contributed by atoms with E-state index in [9.17, 15) is 4.79 Å². The standard InChI is InChI=1S/C12H9ClO2S/c1-8-6-7-16-11(8)4-2-9(14)10-3-5-12(13)15-10/h2-7H,1H3/b4-2+. The van der Waals surface area contributed by atoms with Crippen molar-refractivity contribution in [3.05, 3.63) is 51.1 Å². The van der Waals surface area contributed by atoms with Crippen LogP contribution < -0.4 is 0 Å². The highest BCUT2D eigenvalue weighted by atomic mass is 35.5. The van der Waals surface area contributed by atoms with E-state index in [1.165, 1.54) is 6.08 Å². The second-order valence-electron chi connectivity index (χ2n) is 3.27. The molecule has 0 aliphatic rings. The highest BCUT2D eigenvalue weighted by Gasteiger charge is 2.07. The fourth-order valence-corrected chi connectivity index (χ4v) is 2.20. The predicted octanol–water partition coefficient (Wildman–Crippen LogP) is 4.20. The lowest BCUT2D eigenvalue weighted by Crippen LogP contribution is -1.90. The zero-order valence-corrected chi connectivity index (χ0v) is 10.1. The molecule has 0 aliphatic carbocycles. The number of hydrogen-bond donors (Lipinski definition) is 0. The van der Waals surface area contributed by atoms with Crippen LogP contribution in [0.3, 0.4) is 0 Å². The van der Waals surface area contributed by atoms with Crippen molar-refractivity contribution in [3.8, 4) is 0 Å². The quantitative estimate of drug-likeness (QED) is 0.605. The molecule has 2 nitrogen and oxygen atoms in total. The van der Waals surface area contributed by atoms with Crippen molar-refractivity contribution in [1.82, 2.24) is 0 Å². The van der Waals surface area contributed by atoms with Crippen LogP contribution in [0.2, 0.25) is 5.22 Å². The predicted molar refractivity (Wildman–Crippen MR) is 66.1 cm³/mol. The van der Waals surface area contributed by atoms with Gasteiger partial charge in [-0.3, -0.25) is 4.79 Å². The van der Waals surface area contributed by atoms with E-state index < -0.39 is 0 Å². The molecule has 4 heteroatoms. The molecule has 2 rings (SSSR count). The molecule has 0 N–H and O–H groups in total. The van der Waals surface area contributed by atoms with Gasteiger partial charge in [-0.25, -0.2) is 0 Å². The van der Waals surface area contributed by atoms with E-state index in [0.717, 1.165) is 10.4 Å². The summed E-state index contributed by atoms with van der Waals surface area (Å²) in [7, 11) is 0. The highest BCUT2D eigenvalue weighted by molar-refractivity contribution is 7.11. The maximum Gasteiger partial charge on any atom is 0.221 e. The van der Waals surface area contributed by atoms with Gasteiger partial charge in [-0.15, -0.1) is 11.3 Å². The number of hydrogen-bond acceptors (Lipinski definition) is 3. The average Bonchev–Trinajstić information content (AvgIpc) is 2.84. The number of ketones is 1. The first kappa shape index (κ1) is 11.2. The molecule has 0 saturated carbocycles. The second kappa shape index (κ2) is 4.68. The van der Waals surface area contributed by atoms with E-state index in [1.54, 1.807) is 29.5 Å². The maximum absolute atomic E-state index is 11.6. The molecule has 0 bridgehead atoms. The fraction of sp³-hybridized carbons (Fsp3) is 0.0833. The van der Waals surface area contributed by atoms with Gasteiger partial charge in [0, 0.05) is 4.88 Å². The van der Waals surface area contributed by atoms with E-state index in [2.05, 4.69) is 0 Å². The van der Waals surface area contributed by atoms with Crippen molar-refractivity contribution in [2.75, 3.05) is 0 Å². The number of aryl methyl sites for hydroxylation is 1. The molecule has 0 amide bonds. The van der Waals surface area contributed by atoms with Crippen LogP contribution in [-0.2, 0) is 0 Å². The van der Waals surface area contributed by atoms with Crippen molar-refractivity contribution in [2.45, 2.75) is 6.92 Å². The van der Waals surface area contributed by atoms with Crippen molar-refractivity contribution in [1.29, 1.82) is 0 Å². The van der Waals surface area contributed by atoms with Gasteiger partial charge in [-0.2, -0.15) is 0 Å². The minimum absolute atomic E-state index is 0.181. The summed E-state index contributed by atoms with van der Waals surface area (Å²) in [5.74, 6) is 0.0789. The van der Waals surface area contributed by atoms with Crippen LogP contribution in [0.15, 0.2) is 34.1 Å². The van der Waals surface area contributed by atoms with Crippen LogP contribution in [0.4, 0.5) is 0 Å². The Balaban J connectivity index is 2.14. The van der Waals surface area contributed by atoms with Crippen LogP contribution in [0.25, 0.3) is 6.08 Å². The maximum atomic E-state index is 11.6. The summed E-state index contributed by atoms with van der Waals surface area (Å²) < 4.78 is 5.01. The number of thiophene rings is 1. The summed E-state index contributed by atoms with van der Waals surface area (Å²) in [5, 5.41) is 2.22. The van der Waals surface area contributed by atoms with Crippen molar-refractivity contribution < 1.29 is 9.21 Å².